The van der Waals surface area contributed by atoms with E-state index in [0.29, 0.717) is 6.04 Å². The van der Waals surface area contributed by atoms with Crippen molar-refractivity contribution in [3.05, 3.63) is 71.6 Å². The van der Waals surface area contributed by atoms with Crippen molar-refractivity contribution in [2.24, 2.45) is 5.92 Å². The number of likely N-dealkylation sites (tertiary alicyclic amines) is 1. The Hall–Kier alpha value is -2.46. The Morgan fingerprint density at radius 3 is 2.50 bits per heavy atom. The zero-order valence-corrected chi connectivity index (χ0v) is 15.2. The summed E-state index contributed by atoms with van der Waals surface area (Å²) in [5, 5.41) is 3.28. The van der Waals surface area contributed by atoms with Crippen LogP contribution in [0.1, 0.15) is 30.9 Å². The number of pyridine rings is 1. The van der Waals surface area contributed by atoms with E-state index in [2.05, 4.69) is 46.4 Å². The molecule has 1 saturated heterocycles. The third-order valence-electron chi connectivity index (χ3n) is 5.50. The van der Waals surface area contributed by atoms with Crippen molar-refractivity contribution in [1.29, 1.82) is 0 Å². The zero-order valence-electron chi connectivity index (χ0n) is 15.2. The van der Waals surface area contributed by atoms with E-state index in [-0.39, 0.29) is 11.8 Å². The monoisotopic (exact) mass is 347 g/mol. The average molecular weight is 347 g/mol. The molecular formula is C22H25N3O. The van der Waals surface area contributed by atoms with E-state index < -0.39 is 0 Å². The van der Waals surface area contributed by atoms with Crippen molar-refractivity contribution in [2.75, 3.05) is 13.1 Å². The number of carbonyl (C=O) groups is 1. The Labute approximate surface area is 154 Å². The van der Waals surface area contributed by atoms with Gasteiger partial charge in [0.1, 0.15) is 0 Å². The van der Waals surface area contributed by atoms with E-state index in [9.17, 15) is 4.79 Å². The minimum absolute atomic E-state index is 0.0211. The molecule has 1 aromatic heterocycles. The van der Waals surface area contributed by atoms with Gasteiger partial charge in [-0.05, 0) is 48.6 Å². The number of aromatic nitrogens is 1. The van der Waals surface area contributed by atoms with Gasteiger partial charge in [0.05, 0.1) is 5.92 Å². The van der Waals surface area contributed by atoms with Gasteiger partial charge in [-0.25, -0.2) is 0 Å². The second kappa shape index (κ2) is 7.42. The van der Waals surface area contributed by atoms with E-state index in [1.807, 2.05) is 30.6 Å². The first-order chi connectivity index (χ1) is 12.7. The molecule has 2 aliphatic rings. The molecule has 0 spiro atoms. The van der Waals surface area contributed by atoms with Gasteiger partial charge in [-0.15, -0.1) is 0 Å². The molecule has 26 heavy (non-hydrogen) atoms. The number of piperidine rings is 1. The van der Waals surface area contributed by atoms with Crippen LogP contribution in [-0.4, -0.2) is 34.9 Å². The van der Waals surface area contributed by atoms with Crippen LogP contribution in [-0.2, 0) is 11.3 Å². The van der Waals surface area contributed by atoms with Crippen LogP contribution in [0.5, 0.6) is 0 Å². The number of rotatable bonds is 5. The van der Waals surface area contributed by atoms with E-state index in [1.54, 1.807) is 0 Å². The molecule has 4 rings (SSSR count). The van der Waals surface area contributed by atoms with Gasteiger partial charge in [0.2, 0.25) is 5.91 Å². The van der Waals surface area contributed by atoms with Crippen molar-refractivity contribution >= 4 is 11.5 Å². The van der Waals surface area contributed by atoms with Crippen molar-refractivity contribution < 1.29 is 4.79 Å². The number of hydrogen-bond donors (Lipinski definition) is 1. The van der Waals surface area contributed by atoms with E-state index in [0.717, 1.165) is 32.5 Å². The predicted molar refractivity (Wildman–Crippen MR) is 103 cm³/mol. The highest BCUT2D eigenvalue weighted by atomic mass is 16.2. The summed E-state index contributed by atoms with van der Waals surface area (Å²) < 4.78 is 0. The van der Waals surface area contributed by atoms with Crippen LogP contribution in [0.15, 0.2) is 60.4 Å². The fourth-order valence-corrected chi connectivity index (χ4v) is 3.94. The predicted octanol–water partition coefficient (Wildman–Crippen LogP) is 3.27. The second-order valence-corrected chi connectivity index (χ2v) is 7.31. The maximum Gasteiger partial charge on any atom is 0.231 e. The molecule has 1 atom stereocenters. The minimum Gasteiger partial charge on any atom is -0.352 e. The van der Waals surface area contributed by atoms with Crippen LogP contribution in [0, 0.1) is 5.92 Å². The summed E-state index contributed by atoms with van der Waals surface area (Å²) in [6, 6.07) is 14.7. The van der Waals surface area contributed by atoms with Gasteiger partial charge < -0.3 is 5.32 Å². The quantitative estimate of drug-likeness (QED) is 0.903. The molecule has 1 aliphatic heterocycles. The summed E-state index contributed by atoms with van der Waals surface area (Å²) >= 11 is 0. The maximum absolute atomic E-state index is 12.7. The van der Waals surface area contributed by atoms with Crippen molar-refractivity contribution in [1.82, 2.24) is 15.2 Å². The topological polar surface area (TPSA) is 45.2 Å². The molecule has 134 valence electrons. The Morgan fingerprint density at radius 1 is 1.12 bits per heavy atom. The van der Waals surface area contributed by atoms with Crippen LogP contribution in [0.4, 0.5) is 0 Å². The lowest BCUT2D eigenvalue weighted by Crippen LogP contribution is -2.45. The first-order valence-corrected chi connectivity index (χ1v) is 9.40. The smallest absolute Gasteiger partial charge is 0.231 e. The lowest BCUT2D eigenvalue weighted by molar-refractivity contribution is -0.122. The lowest BCUT2D eigenvalue weighted by atomic mass is 10.0. The van der Waals surface area contributed by atoms with Crippen LogP contribution >= 0.6 is 0 Å². The summed E-state index contributed by atoms with van der Waals surface area (Å²) in [5.41, 5.74) is 4.90. The van der Waals surface area contributed by atoms with Gasteiger partial charge >= 0.3 is 0 Å². The molecule has 1 fully saturated rings. The minimum atomic E-state index is -0.0211. The molecule has 0 bridgehead atoms. The van der Waals surface area contributed by atoms with Crippen LogP contribution < -0.4 is 5.32 Å². The largest absolute Gasteiger partial charge is 0.352 e. The fourth-order valence-electron chi connectivity index (χ4n) is 3.94. The molecule has 4 heteroatoms. The maximum atomic E-state index is 12.7. The van der Waals surface area contributed by atoms with Gasteiger partial charge in [0.25, 0.3) is 0 Å². The Morgan fingerprint density at radius 2 is 1.81 bits per heavy atom. The average Bonchev–Trinajstić information content (AvgIpc) is 3.36. The second-order valence-electron chi connectivity index (χ2n) is 7.31. The van der Waals surface area contributed by atoms with Crippen LogP contribution in [0.2, 0.25) is 0 Å². The summed E-state index contributed by atoms with van der Waals surface area (Å²) in [7, 11) is 0. The van der Waals surface area contributed by atoms with E-state index in [4.69, 9.17) is 0 Å². The molecule has 1 aromatic carbocycles. The number of benzene rings is 1. The van der Waals surface area contributed by atoms with E-state index >= 15 is 0 Å². The standard InChI is InChI=1S/C22H25N3O/c1-16-20(18-5-3-2-4-6-18)21(16)22(26)24-19-9-13-25(14-10-19)15-17-7-11-23-12-8-17/h2-8,11-12,19,21H,9-10,13-15H2,1H3,(H,24,26). The first kappa shape index (κ1) is 17.0. The van der Waals surface area contributed by atoms with Crippen LogP contribution in [0.25, 0.3) is 5.57 Å². The number of nitrogens with one attached hydrogen (secondary N) is 1. The molecule has 0 radical (unpaired) electrons. The SMILES string of the molecule is CC1=C(c2ccccc2)C1C(=O)NC1CCN(Cc2ccncc2)CC1. The molecule has 1 N–H and O–H groups in total. The van der Waals surface area contributed by atoms with Gasteiger partial charge in [-0.1, -0.05) is 35.9 Å². The Balaban J connectivity index is 1.26. The highest BCUT2D eigenvalue weighted by Crippen LogP contribution is 2.46. The molecule has 2 aromatic rings. The lowest BCUT2D eigenvalue weighted by Gasteiger charge is -2.32. The molecule has 1 amide bonds. The molecule has 2 heterocycles. The van der Waals surface area contributed by atoms with Crippen LogP contribution in [0.3, 0.4) is 0 Å². The fraction of sp³-hybridized carbons (Fsp3) is 0.364. The van der Waals surface area contributed by atoms with Gasteiger partial charge in [-0.3, -0.25) is 14.7 Å². The molecular weight excluding hydrogens is 322 g/mol. The van der Waals surface area contributed by atoms with Crippen molar-refractivity contribution in [3.63, 3.8) is 0 Å². The van der Waals surface area contributed by atoms with Gasteiger partial charge in [-0.2, -0.15) is 0 Å². The number of nitrogens with zero attached hydrogens (tertiary/aromatic N) is 2. The molecule has 1 aliphatic carbocycles. The van der Waals surface area contributed by atoms with E-state index in [1.165, 1.54) is 22.3 Å². The van der Waals surface area contributed by atoms with Crippen molar-refractivity contribution in [2.45, 2.75) is 32.4 Å². The normalized spacial score (nSPS) is 20.9. The number of hydrogen-bond acceptors (Lipinski definition) is 3. The summed E-state index contributed by atoms with van der Waals surface area (Å²) in [6.45, 7) is 5.08. The summed E-state index contributed by atoms with van der Waals surface area (Å²) in [5.74, 6) is 0.154. The summed E-state index contributed by atoms with van der Waals surface area (Å²) in [4.78, 5) is 19.2. The Bertz CT molecular complexity index is 793. The zero-order chi connectivity index (χ0) is 17.9. The van der Waals surface area contributed by atoms with Gasteiger partial charge in [0, 0.05) is 38.1 Å². The highest BCUT2D eigenvalue weighted by molar-refractivity contribution is 6.05. The molecule has 1 unspecified atom stereocenters. The van der Waals surface area contributed by atoms with Crippen molar-refractivity contribution in [3.8, 4) is 0 Å². The third kappa shape index (κ3) is 3.70. The third-order valence-corrected chi connectivity index (χ3v) is 5.50. The number of amides is 1. The first-order valence-electron chi connectivity index (χ1n) is 9.40. The number of carbonyl (C=O) groups excluding carboxylic acids is 1. The molecule has 0 saturated carbocycles. The Kier molecular flexibility index (Phi) is 4.85. The highest BCUT2D eigenvalue weighted by Gasteiger charge is 2.40. The molecule has 4 nitrogen and oxygen atoms in total. The summed E-state index contributed by atoms with van der Waals surface area (Å²) in [6.07, 6.45) is 5.72. The van der Waals surface area contributed by atoms with Gasteiger partial charge in [0.15, 0.2) is 0 Å².